The van der Waals surface area contributed by atoms with Crippen molar-refractivity contribution in [3.8, 4) is 5.75 Å². The first-order valence-corrected chi connectivity index (χ1v) is 12.7. The average molecular weight is 539 g/mol. The molecule has 0 atom stereocenters. The highest BCUT2D eigenvalue weighted by molar-refractivity contribution is 8.18. The fraction of sp³-hybridized carbons (Fsp3) is 0.0690. The summed E-state index contributed by atoms with van der Waals surface area (Å²) in [6.07, 6.45) is 4.73. The summed E-state index contributed by atoms with van der Waals surface area (Å²) < 4.78 is 11.4. The van der Waals surface area contributed by atoms with Crippen LogP contribution in [0.15, 0.2) is 117 Å². The Morgan fingerprint density at radius 3 is 2.59 bits per heavy atom. The van der Waals surface area contributed by atoms with Gasteiger partial charge in [-0.25, -0.2) is 0 Å². The Labute approximate surface area is 228 Å². The Morgan fingerprint density at radius 1 is 0.974 bits per heavy atom. The molecule has 1 aliphatic rings. The molecule has 0 radical (unpaired) electrons. The van der Waals surface area contributed by atoms with Crippen molar-refractivity contribution in [1.29, 1.82) is 0 Å². The average Bonchev–Trinajstić information content (AvgIpc) is 3.57. The van der Waals surface area contributed by atoms with Gasteiger partial charge in [-0.2, -0.15) is 5.10 Å². The number of ether oxygens (including phenoxy) is 1. The number of amidine groups is 1. The van der Waals surface area contributed by atoms with Crippen LogP contribution in [0.1, 0.15) is 22.5 Å². The van der Waals surface area contributed by atoms with Gasteiger partial charge in [-0.3, -0.25) is 19.8 Å². The van der Waals surface area contributed by atoms with Crippen LogP contribution in [0.5, 0.6) is 5.75 Å². The van der Waals surface area contributed by atoms with Crippen molar-refractivity contribution in [2.75, 3.05) is 0 Å². The first-order valence-electron chi connectivity index (χ1n) is 11.9. The van der Waals surface area contributed by atoms with Crippen molar-refractivity contribution >= 4 is 40.8 Å². The summed E-state index contributed by atoms with van der Waals surface area (Å²) in [5.41, 5.74) is 2.33. The van der Waals surface area contributed by atoms with Crippen molar-refractivity contribution in [2.24, 2.45) is 10.2 Å². The molecule has 0 unspecified atom stereocenters. The van der Waals surface area contributed by atoms with E-state index in [-0.39, 0.29) is 18.1 Å². The number of carbonyl (C=O) groups is 1. The molecular formula is C29H22N4O5S. The molecule has 0 saturated carbocycles. The zero-order chi connectivity index (χ0) is 27.0. The normalized spacial score (nSPS) is 15.5. The number of rotatable bonds is 9. The largest absolute Gasteiger partial charge is 0.489 e. The third-order valence-corrected chi connectivity index (χ3v) is 6.61. The molecule has 39 heavy (non-hydrogen) atoms. The van der Waals surface area contributed by atoms with Crippen LogP contribution in [0.25, 0.3) is 6.08 Å². The van der Waals surface area contributed by atoms with Gasteiger partial charge in [-0.05, 0) is 53.2 Å². The lowest BCUT2D eigenvalue weighted by Crippen LogP contribution is -2.28. The van der Waals surface area contributed by atoms with Gasteiger partial charge in [0.1, 0.15) is 18.1 Å². The number of hydrogen-bond donors (Lipinski definition) is 0. The van der Waals surface area contributed by atoms with Gasteiger partial charge in [0.15, 0.2) is 5.17 Å². The van der Waals surface area contributed by atoms with E-state index in [2.05, 4.69) is 10.2 Å². The highest BCUT2D eigenvalue weighted by atomic mass is 32.2. The van der Waals surface area contributed by atoms with E-state index in [1.54, 1.807) is 30.3 Å². The fourth-order valence-corrected chi connectivity index (χ4v) is 4.67. The molecule has 1 aromatic heterocycles. The van der Waals surface area contributed by atoms with E-state index in [0.29, 0.717) is 33.8 Å². The standard InChI is InChI=1S/C29H22N4O5S/c34-28-27(17-22-9-5-12-25(16-22)38-20-21-7-2-1-3-8-21)39-29(32(28)19-26-13-6-14-37-26)31-30-18-23-10-4-11-24(15-23)33(35)36/h1-18H,19-20H2/b27-17-,30-18-,31-29+. The van der Waals surface area contributed by atoms with E-state index in [0.717, 1.165) is 11.1 Å². The van der Waals surface area contributed by atoms with Gasteiger partial charge in [-0.1, -0.05) is 54.6 Å². The maximum absolute atomic E-state index is 13.4. The highest BCUT2D eigenvalue weighted by Gasteiger charge is 2.34. The van der Waals surface area contributed by atoms with Gasteiger partial charge >= 0.3 is 0 Å². The van der Waals surface area contributed by atoms with Gasteiger partial charge < -0.3 is 9.15 Å². The van der Waals surface area contributed by atoms with E-state index in [1.165, 1.54) is 41.3 Å². The Balaban J connectivity index is 1.36. The van der Waals surface area contributed by atoms with E-state index < -0.39 is 4.92 Å². The summed E-state index contributed by atoms with van der Waals surface area (Å²) in [5.74, 6) is 1.04. The SMILES string of the molecule is O=C1/C(=C/c2cccc(OCc3ccccc3)c2)S/C(=N/N=C\c2cccc([N+](=O)[O-])c2)N1Cc1ccco1. The van der Waals surface area contributed by atoms with Crippen molar-refractivity contribution in [1.82, 2.24) is 4.90 Å². The molecule has 1 amide bonds. The second-order valence-corrected chi connectivity index (χ2v) is 9.42. The number of hydrogen-bond acceptors (Lipinski definition) is 8. The Kier molecular flexibility index (Phi) is 7.94. The third-order valence-electron chi connectivity index (χ3n) is 5.62. The van der Waals surface area contributed by atoms with Crippen LogP contribution in [-0.4, -0.2) is 27.1 Å². The molecule has 10 heteroatoms. The number of non-ortho nitro benzene ring substituents is 1. The minimum absolute atomic E-state index is 0.0448. The van der Waals surface area contributed by atoms with Crippen LogP contribution in [0.3, 0.4) is 0 Å². The molecule has 9 nitrogen and oxygen atoms in total. The first kappa shape index (κ1) is 25.7. The summed E-state index contributed by atoms with van der Waals surface area (Å²) in [5, 5.41) is 19.7. The van der Waals surface area contributed by atoms with Crippen molar-refractivity contribution in [2.45, 2.75) is 13.2 Å². The van der Waals surface area contributed by atoms with Crippen molar-refractivity contribution in [3.63, 3.8) is 0 Å². The molecule has 1 saturated heterocycles. The smallest absolute Gasteiger partial charge is 0.270 e. The van der Waals surface area contributed by atoms with Crippen LogP contribution in [-0.2, 0) is 17.9 Å². The Bertz CT molecular complexity index is 1570. The molecule has 1 aliphatic heterocycles. The Morgan fingerprint density at radius 2 is 1.79 bits per heavy atom. The van der Waals surface area contributed by atoms with Crippen LogP contribution in [0.2, 0.25) is 0 Å². The molecule has 194 valence electrons. The third kappa shape index (κ3) is 6.68. The molecular weight excluding hydrogens is 516 g/mol. The van der Waals surface area contributed by atoms with Gasteiger partial charge in [0.05, 0.1) is 28.9 Å². The summed E-state index contributed by atoms with van der Waals surface area (Å²) >= 11 is 1.19. The van der Waals surface area contributed by atoms with Crippen molar-refractivity contribution in [3.05, 3.63) is 135 Å². The van der Waals surface area contributed by atoms with Gasteiger partial charge in [-0.15, -0.1) is 5.10 Å². The van der Waals surface area contributed by atoms with Crippen LogP contribution in [0.4, 0.5) is 5.69 Å². The van der Waals surface area contributed by atoms with E-state index in [4.69, 9.17) is 9.15 Å². The molecule has 5 rings (SSSR count). The number of carbonyl (C=O) groups excluding carboxylic acids is 1. The summed E-state index contributed by atoms with van der Waals surface area (Å²) in [4.78, 5) is 25.9. The predicted molar refractivity (Wildman–Crippen MR) is 150 cm³/mol. The number of nitro benzene ring substituents is 1. The van der Waals surface area contributed by atoms with Gasteiger partial charge in [0.25, 0.3) is 11.6 Å². The number of nitrogens with zero attached hydrogens (tertiary/aromatic N) is 4. The zero-order valence-electron chi connectivity index (χ0n) is 20.5. The molecule has 3 aromatic carbocycles. The van der Waals surface area contributed by atoms with E-state index >= 15 is 0 Å². The van der Waals surface area contributed by atoms with Crippen LogP contribution >= 0.6 is 11.8 Å². The first-order chi connectivity index (χ1) is 19.0. The van der Waals surface area contributed by atoms with Crippen LogP contribution in [0, 0.1) is 10.1 Å². The second-order valence-electron chi connectivity index (χ2n) is 8.41. The lowest BCUT2D eigenvalue weighted by Gasteiger charge is -2.12. The molecule has 2 heterocycles. The molecule has 0 bridgehead atoms. The minimum atomic E-state index is -0.474. The Hall–Kier alpha value is -4.96. The zero-order valence-corrected chi connectivity index (χ0v) is 21.4. The number of furan rings is 1. The monoisotopic (exact) mass is 538 g/mol. The highest BCUT2D eigenvalue weighted by Crippen LogP contribution is 2.34. The van der Waals surface area contributed by atoms with Crippen molar-refractivity contribution < 1.29 is 18.9 Å². The lowest BCUT2D eigenvalue weighted by atomic mass is 10.2. The molecule has 0 spiro atoms. The number of amides is 1. The van der Waals surface area contributed by atoms with Crippen LogP contribution < -0.4 is 4.74 Å². The maximum atomic E-state index is 13.4. The second kappa shape index (κ2) is 12.1. The number of thioether (sulfide) groups is 1. The summed E-state index contributed by atoms with van der Waals surface area (Å²) in [6, 6.07) is 27.0. The number of nitro groups is 1. The maximum Gasteiger partial charge on any atom is 0.270 e. The minimum Gasteiger partial charge on any atom is -0.489 e. The molecule has 1 fully saturated rings. The number of benzene rings is 3. The topological polar surface area (TPSA) is 111 Å². The summed E-state index contributed by atoms with van der Waals surface area (Å²) in [7, 11) is 0. The quantitative estimate of drug-likeness (QED) is 0.107. The lowest BCUT2D eigenvalue weighted by molar-refractivity contribution is -0.384. The molecule has 0 N–H and O–H groups in total. The fourth-order valence-electron chi connectivity index (χ4n) is 3.73. The van der Waals surface area contributed by atoms with E-state index in [9.17, 15) is 14.9 Å². The van der Waals surface area contributed by atoms with Gasteiger partial charge in [0.2, 0.25) is 0 Å². The van der Waals surface area contributed by atoms with E-state index in [1.807, 2.05) is 54.6 Å². The molecule has 0 aliphatic carbocycles. The van der Waals surface area contributed by atoms with Gasteiger partial charge in [0, 0.05) is 17.7 Å². The summed E-state index contributed by atoms with van der Waals surface area (Å²) in [6.45, 7) is 0.617. The molecule has 4 aromatic rings. The predicted octanol–water partition coefficient (Wildman–Crippen LogP) is 6.27.